The summed E-state index contributed by atoms with van der Waals surface area (Å²) in [6.45, 7) is 0. The summed E-state index contributed by atoms with van der Waals surface area (Å²) in [6, 6.07) is 29.0. The van der Waals surface area contributed by atoms with E-state index in [1.807, 2.05) is 91.0 Å². The van der Waals surface area contributed by atoms with Crippen molar-refractivity contribution in [1.82, 2.24) is 10.6 Å². The standard InChI is InChI=1S/C23H21N3OS/c27-21(17-12-6-2-7-13-17)19-20(16-10-4-1-5-11-16)25-23(28)26-22(19)24-18-14-8-3-9-15-18/h1-15,19-20,22,24H,(H2,25,26,28). The van der Waals surface area contributed by atoms with Crippen molar-refractivity contribution < 1.29 is 4.79 Å². The van der Waals surface area contributed by atoms with Gasteiger partial charge in [0.2, 0.25) is 0 Å². The second-order valence-corrected chi connectivity index (χ2v) is 7.16. The third-order valence-corrected chi connectivity index (χ3v) is 5.14. The zero-order valence-electron chi connectivity index (χ0n) is 15.2. The molecule has 3 atom stereocenters. The summed E-state index contributed by atoms with van der Waals surface area (Å²) in [5.74, 6) is -0.331. The van der Waals surface area contributed by atoms with Gasteiger partial charge in [0.25, 0.3) is 0 Å². The molecule has 1 aliphatic rings. The van der Waals surface area contributed by atoms with E-state index in [1.165, 1.54) is 0 Å². The number of benzene rings is 3. The van der Waals surface area contributed by atoms with Crippen LogP contribution in [0.25, 0.3) is 0 Å². The topological polar surface area (TPSA) is 53.2 Å². The largest absolute Gasteiger partial charge is 0.365 e. The molecule has 0 aromatic heterocycles. The average molecular weight is 388 g/mol. The van der Waals surface area contributed by atoms with Gasteiger partial charge in [-0.15, -0.1) is 0 Å². The molecule has 0 aliphatic carbocycles. The summed E-state index contributed by atoms with van der Waals surface area (Å²) in [7, 11) is 0. The number of Topliss-reactive ketones (excluding diaryl/α,β-unsaturated/α-hetero) is 1. The summed E-state index contributed by atoms with van der Waals surface area (Å²) in [5, 5.41) is 10.5. The number of rotatable bonds is 5. The van der Waals surface area contributed by atoms with Crippen molar-refractivity contribution in [3.63, 3.8) is 0 Å². The van der Waals surface area contributed by atoms with Crippen LogP contribution in [0.15, 0.2) is 91.0 Å². The van der Waals surface area contributed by atoms with Crippen LogP contribution in [-0.4, -0.2) is 17.1 Å². The number of ketones is 1. The highest BCUT2D eigenvalue weighted by Crippen LogP contribution is 2.31. The molecule has 3 N–H and O–H groups in total. The second-order valence-electron chi connectivity index (χ2n) is 6.75. The zero-order chi connectivity index (χ0) is 19.3. The lowest BCUT2D eigenvalue weighted by Crippen LogP contribution is -2.61. The predicted molar refractivity (Wildman–Crippen MR) is 116 cm³/mol. The lowest BCUT2D eigenvalue weighted by atomic mass is 9.83. The monoisotopic (exact) mass is 387 g/mol. The van der Waals surface area contributed by atoms with Crippen molar-refractivity contribution >= 4 is 28.8 Å². The minimum atomic E-state index is -0.392. The molecular formula is C23H21N3OS. The molecule has 0 spiro atoms. The molecular weight excluding hydrogens is 366 g/mol. The Hall–Kier alpha value is -3.18. The van der Waals surface area contributed by atoms with Gasteiger partial charge in [-0.2, -0.15) is 0 Å². The molecule has 3 aromatic carbocycles. The van der Waals surface area contributed by atoms with Crippen LogP contribution in [0.2, 0.25) is 0 Å². The maximum atomic E-state index is 13.5. The minimum absolute atomic E-state index is 0.0605. The molecule has 0 saturated carbocycles. The van der Waals surface area contributed by atoms with Crippen molar-refractivity contribution in [3.05, 3.63) is 102 Å². The van der Waals surface area contributed by atoms with Crippen LogP contribution in [0.3, 0.4) is 0 Å². The van der Waals surface area contributed by atoms with E-state index in [1.54, 1.807) is 0 Å². The van der Waals surface area contributed by atoms with E-state index < -0.39 is 5.92 Å². The molecule has 5 heteroatoms. The summed E-state index contributed by atoms with van der Waals surface area (Å²) in [6.07, 6.45) is -0.339. The lowest BCUT2D eigenvalue weighted by Gasteiger charge is -2.40. The molecule has 140 valence electrons. The van der Waals surface area contributed by atoms with Crippen LogP contribution in [0.5, 0.6) is 0 Å². The predicted octanol–water partition coefficient (Wildman–Crippen LogP) is 4.14. The molecule has 1 aliphatic heterocycles. The maximum absolute atomic E-state index is 13.5. The highest BCUT2D eigenvalue weighted by Gasteiger charge is 2.41. The van der Waals surface area contributed by atoms with E-state index in [0.717, 1.165) is 11.3 Å². The molecule has 4 rings (SSSR count). The highest BCUT2D eigenvalue weighted by molar-refractivity contribution is 7.80. The highest BCUT2D eigenvalue weighted by atomic mass is 32.1. The third kappa shape index (κ3) is 3.89. The lowest BCUT2D eigenvalue weighted by molar-refractivity contribution is 0.0862. The van der Waals surface area contributed by atoms with Gasteiger partial charge in [-0.3, -0.25) is 4.79 Å². The van der Waals surface area contributed by atoms with Gasteiger partial charge in [0.05, 0.1) is 12.0 Å². The Morgan fingerprint density at radius 3 is 2.00 bits per heavy atom. The van der Waals surface area contributed by atoms with E-state index >= 15 is 0 Å². The quantitative estimate of drug-likeness (QED) is 0.454. The summed E-state index contributed by atoms with van der Waals surface area (Å²) >= 11 is 5.46. The second kappa shape index (κ2) is 8.23. The van der Waals surface area contributed by atoms with E-state index in [-0.39, 0.29) is 18.0 Å². The summed E-state index contributed by atoms with van der Waals surface area (Å²) in [5.41, 5.74) is 2.65. The average Bonchev–Trinajstić information content (AvgIpc) is 2.75. The number of hydrogen-bond acceptors (Lipinski definition) is 3. The zero-order valence-corrected chi connectivity index (χ0v) is 16.0. The van der Waals surface area contributed by atoms with Crippen LogP contribution in [0, 0.1) is 5.92 Å². The van der Waals surface area contributed by atoms with Gasteiger partial charge >= 0.3 is 0 Å². The minimum Gasteiger partial charge on any atom is -0.365 e. The Bertz CT molecular complexity index is 947. The first-order chi connectivity index (χ1) is 13.7. The van der Waals surface area contributed by atoms with E-state index in [4.69, 9.17) is 12.2 Å². The number of anilines is 1. The molecule has 0 bridgehead atoms. The molecule has 1 heterocycles. The Labute approximate surface area is 170 Å². The molecule has 0 amide bonds. The third-order valence-electron chi connectivity index (χ3n) is 4.91. The maximum Gasteiger partial charge on any atom is 0.172 e. The smallest absolute Gasteiger partial charge is 0.172 e. The fourth-order valence-electron chi connectivity index (χ4n) is 3.58. The van der Waals surface area contributed by atoms with Crippen molar-refractivity contribution in [2.75, 3.05) is 5.32 Å². The van der Waals surface area contributed by atoms with Gasteiger partial charge in [-0.1, -0.05) is 78.9 Å². The van der Waals surface area contributed by atoms with Crippen LogP contribution in [-0.2, 0) is 0 Å². The number of thiocarbonyl (C=S) groups is 1. The Morgan fingerprint density at radius 1 is 0.786 bits per heavy atom. The first kappa shape index (κ1) is 18.2. The number of para-hydroxylation sites is 1. The first-order valence-corrected chi connectivity index (χ1v) is 9.66. The van der Waals surface area contributed by atoms with Crippen molar-refractivity contribution in [2.24, 2.45) is 5.92 Å². The van der Waals surface area contributed by atoms with Gasteiger partial charge in [-0.05, 0) is 29.9 Å². The Morgan fingerprint density at radius 2 is 1.36 bits per heavy atom. The van der Waals surface area contributed by atoms with E-state index in [0.29, 0.717) is 10.7 Å². The SMILES string of the molecule is O=C(c1ccccc1)C1C(Nc2ccccc2)NC(=S)NC1c1ccccc1. The van der Waals surface area contributed by atoms with Crippen molar-refractivity contribution in [1.29, 1.82) is 0 Å². The molecule has 1 fully saturated rings. The van der Waals surface area contributed by atoms with Crippen LogP contribution in [0.1, 0.15) is 22.0 Å². The molecule has 1 saturated heterocycles. The van der Waals surface area contributed by atoms with E-state index in [2.05, 4.69) is 16.0 Å². The van der Waals surface area contributed by atoms with Gasteiger partial charge in [0.15, 0.2) is 10.9 Å². The molecule has 3 aromatic rings. The fourth-order valence-corrected chi connectivity index (χ4v) is 3.84. The molecule has 0 radical (unpaired) electrons. The fraction of sp³-hybridized carbons (Fsp3) is 0.130. The Balaban J connectivity index is 1.73. The van der Waals surface area contributed by atoms with Gasteiger partial charge in [-0.25, -0.2) is 0 Å². The number of carbonyl (C=O) groups excluding carboxylic acids is 1. The van der Waals surface area contributed by atoms with Gasteiger partial charge in [0.1, 0.15) is 6.17 Å². The normalized spacial score (nSPS) is 21.3. The van der Waals surface area contributed by atoms with Crippen molar-refractivity contribution in [2.45, 2.75) is 12.2 Å². The molecule has 3 unspecified atom stereocenters. The summed E-state index contributed by atoms with van der Waals surface area (Å²) in [4.78, 5) is 13.5. The van der Waals surface area contributed by atoms with Gasteiger partial charge in [0, 0.05) is 11.3 Å². The van der Waals surface area contributed by atoms with E-state index in [9.17, 15) is 4.79 Å². The Kier molecular flexibility index (Phi) is 5.35. The van der Waals surface area contributed by atoms with Crippen LogP contribution in [0.4, 0.5) is 5.69 Å². The van der Waals surface area contributed by atoms with Crippen LogP contribution >= 0.6 is 12.2 Å². The first-order valence-electron chi connectivity index (χ1n) is 9.25. The molecule has 4 nitrogen and oxygen atoms in total. The number of carbonyl (C=O) groups is 1. The van der Waals surface area contributed by atoms with Gasteiger partial charge < -0.3 is 16.0 Å². The summed E-state index contributed by atoms with van der Waals surface area (Å²) < 4.78 is 0. The van der Waals surface area contributed by atoms with Crippen molar-refractivity contribution in [3.8, 4) is 0 Å². The van der Waals surface area contributed by atoms with Crippen LogP contribution < -0.4 is 16.0 Å². The molecule has 28 heavy (non-hydrogen) atoms. The number of nitrogens with one attached hydrogen (secondary N) is 3. The number of hydrogen-bond donors (Lipinski definition) is 3.